The molecule has 0 aromatic heterocycles. The van der Waals surface area contributed by atoms with Crippen molar-refractivity contribution in [1.29, 1.82) is 0 Å². The monoisotopic (exact) mass is 325 g/mol. The Kier molecular flexibility index (Phi) is 4.43. The lowest BCUT2D eigenvalue weighted by Gasteiger charge is -2.28. The van der Waals surface area contributed by atoms with E-state index in [0.717, 1.165) is 0 Å². The zero-order valence-corrected chi connectivity index (χ0v) is 15.1. The highest BCUT2D eigenvalue weighted by atomic mass is 32.2. The van der Waals surface area contributed by atoms with Crippen LogP contribution in [0.5, 0.6) is 0 Å². The van der Waals surface area contributed by atoms with Crippen LogP contribution in [0.1, 0.15) is 47.5 Å². The third kappa shape index (κ3) is 3.04. The van der Waals surface area contributed by atoms with Crippen LogP contribution in [0.4, 0.5) is 0 Å². The Morgan fingerprint density at radius 2 is 1.45 bits per heavy atom. The second-order valence-electron chi connectivity index (χ2n) is 7.44. The summed E-state index contributed by atoms with van der Waals surface area (Å²) in [6.45, 7) is 8.42. The maximum atomic E-state index is 12.3. The first-order valence-corrected chi connectivity index (χ1v) is 9.79. The zero-order valence-electron chi connectivity index (χ0n) is 13.5. The van der Waals surface area contributed by atoms with E-state index >= 15 is 0 Å². The quantitative estimate of drug-likeness (QED) is 0.770. The molecule has 0 aliphatic heterocycles. The van der Waals surface area contributed by atoms with Crippen LogP contribution in [0.2, 0.25) is 0 Å². The summed E-state index contributed by atoms with van der Waals surface area (Å²) >= 11 is 0. The van der Waals surface area contributed by atoms with Crippen LogP contribution in [0, 0.1) is 5.92 Å². The predicted octanol–water partition coefficient (Wildman–Crippen LogP) is 1.65. The minimum absolute atomic E-state index is 0.0519. The minimum atomic E-state index is -3.40. The van der Waals surface area contributed by atoms with Crippen molar-refractivity contribution in [3.8, 4) is 0 Å². The zero-order chi connectivity index (χ0) is 16.1. The molecular weight excluding hydrogens is 298 g/mol. The van der Waals surface area contributed by atoms with Crippen molar-refractivity contribution in [2.24, 2.45) is 5.92 Å². The lowest BCUT2D eigenvalue weighted by Crippen LogP contribution is -2.42. The van der Waals surface area contributed by atoms with E-state index in [1.807, 2.05) is 0 Å². The van der Waals surface area contributed by atoms with E-state index in [9.17, 15) is 16.8 Å². The summed E-state index contributed by atoms with van der Waals surface area (Å²) < 4.78 is 48.6. The Bertz CT molecular complexity index is 568. The van der Waals surface area contributed by atoms with Crippen molar-refractivity contribution >= 4 is 19.9 Å². The van der Waals surface area contributed by atoms with Crippen LogP contribution in [-0.4, -0.2) is 50.0 Å². The molecule has 0 saturated heterocycles. The topological polar surface area (TPSA) is 71.5 Å². The van der Waals surface area contributed by atoms with Gasteiger partial charge in [0.25, 0.3) is 0 Å². The number of hydrogen-bond acceptors (Lipinski definition) is 4. The van der Waals surface area contributed by atoms with Gasteiger partial charge in [-0.25, -0.2) is 21.1 Å². The van der Waals surface area contributed by atoms with Crippen molar-refractivity contribution in [2.75, 3.05) is 14.1 Å². The van der Waals surface area contributed by atoms with Gasteiger partial charge in [-0.2, -0.15) is 0 Å². The molecular formula is C13H27NO4S2. The summed E-state index contributed by atoms with van der Waals surface area (Å²) in [5, 5.41) is -0.390. The van der Waals surface area contributed by atoms with Gasteiger partial charge in [0.15, 0.2) is 9.84 Å². The first kappa shape index (κ1) is 17.9. The van der Waals surface area contributed by atoms with E-state index in [-0.39, 0.29) is 11.2 Å². The maximum Gasteiger partial charge on any atom is 0.218 e. The predicted molar refractivity (Wildman–Crippen MR) is 81.9 cm³/mol. The van der Waals surface area contributed by atoms with Crippen LogP contribution in [-0.2, 0) is 19.9 Å². The number of rotatable bonds is 5. The average Bonchev–Trinajstić information content (AvgIpc) is 2.94. The molecule has 1 fully saturated rings. The minimum Gasteiger partial charge on any atom is -0.228 e. The van der Waals surface area contributed by atoms with Crippen molar-refractivity contribution in [2.45, 2.75) is 62.2 Å². The second kappa shape index (κ2) is 4.95. The molecule has 7 heteroatoms. The number of sulfonamides is 1. The summed E-state index contributed by atoms with van der Waals surface area (Å²) in [7, 11) is -3.58. The highest BCUT2D eigenvalue weighted by molar-refractivity contribution is 7.93. The lowest BCUT2D eigenvalue weighted by atomic mass is 10.1. The molecule has 1 aliphatic rings. The summed E-state index contributed by atoms with van der Waals surface area (Å²) in [5.41, 5.74) is 0. The Hall–Kier alpha value is -0.140. The van der Waals surface area contributed by atoms with Crippen molar-refractivity contribution < 1.29 is 16.8 Å². The standard InChI is InChI=1S/C13H27NO4S2/c1-12(2,3)19(15,16)11-8-10(11)9-13(4,5)20(17,18)14(6)7/h10-11H,8-9H2,1-7H3. The molecule has 0 bridgehead atoms. The molecule has 2 unspecified atom stereocenters. The third-order valence-electron chi connectivity index (χ3n) is 4.04. The Balaban J connectivity index is 2.86. The van der Waals surface area contributed by atoms with Crippen LogP contribution >= 0.6 is 0 Å². The first-order chi connectivity index (χ1) is 8.64. The van der Waals surface area contributed by atoms with Gasteiger partial charge in [-0.15, -0.1) is 0 Å². The van der Waals surface area contributed by atoms with Gasteiger partial charge in [0.2, 0.25) is 10.0 Å². The Labute approximate surface area is 123 Å². The van der Waals surface area contributed by atoms with Gasteiger partial charge in [-0.05, 0) is 53.4 Å². The Morgan fingerprint density at radius 3 is 1.80 bits per heavy atom. The van der Waals surface area contributed by atoms with Crippen molar-refractivity contribution in [3.05, 3.63) is 0 Å². The molecule has 1 saturated carbocycles. The van der Waals surface area contributed by atoms with Gasteiger partial charge in [-0.3, -0.25) is 0 Å². The molecule has 1 aliphatic carbocycles. The Morgan fingerprint density at radius 1 is 1.00 bits per heavy atom. The van der Waals surface area contributed by atoms with E-state index in [1.165, 1.54) is 18.4 Å². The molecule has 0 aromatic rings. The first-order valence-electron chi connectivity index (χ1n) is 6.80. The summed E-state index contributed by atoms with van der Waals surface area (Å²) in [6, 6.07) is 0. The van der Waals surface area contributed by atoms with Crippen LogP contribution < -0.4 is 0 Å². The number of nitrogens with zero attached hydrogens (tertiary/aromatic N) is 1. The van der Waals surface area contributed by atoms with Crippen molar-refractivity contribution in [1.82, 2.24) is 4.31 Å². The van der Waals surface area contributed by atoms with E-state index in [1.54, 1.807) is 34.6 Å². The van der Waals surface area contributed by atoms with Gasteiger partial charge in [0, 0.05) is 14.1 Å². The van der Waals surface area contributed by atoms with Crippen molar-refractivity contribution in [3.63, 3.8) is 0 Å². The largest absolute Gasteiger partial charge is 0.228 e. The highest BCUT2D eigenvalue weighted by Gasteiger charge is 2.54. The fourth-order valence-corrected chi connectivity index (χ4v) is 5.92. The van der Waals surface area contributed by atoms with Gasteiger partial charge in [0.05, 0.1) is 14.7 Å². The smallest absolute Gasteiger partial charge is 0.218 e. The number of sulfone groups is 1. The van der Waals surface area contributed by atoms with Gasteiger partial charge in [-0.1, -0.05) is 0 Å². The van der Waals surface area contributed by atoms with Gasteiger partial charge < -0.3 is 0 Å². The summed E-state index contributed by atoms with van der Waals surface area (Å²) in [5.74, 6) is -0.0519. The fraction of sp³-hybridized carbons (Fsp3) is 1.00. The normalized spacial score (nSPS) is 25.0. The van der Waals surface area contributed by atoms with E-state index in [0.29, 0.717) is 12.8 Å². The highest BCUT2D eigenvalue weighted by Crippen LogP contribution is 2.47. The molecule has 2 atom stereocenters. The fourth-order valence-electron chi connectivity index (χ4n) is 2.50. The number of hydrogen-bond donors (Lipinski definition) is 0. The molecule has 0 spiro atoms. The van der Waals surface area contributed by atoms with E-state index < -0.39 is 29.4 Å². The molecule has 0 heterocycles. The van der Waals surface area contributed by atoms with Crippen LogP contribution in [0.25, 0.3) is 0 Å². The molecule has 20 heavy (non-hydrogen) atoms. The SMILES string of the molecule is CN(C)S(=O)(=O)C(C)(C)CC1CC1S(=O)(=O)C(C)(C)C. The van der Waals surface area contributed by atoms with Crippen LogP contribution in [0.3, 0.4) is 0 Å². The third-order valence-corrected chi connectivity index (χ3v) is 9.65. The molecule has 1 rings (SSSR count). The van der Waals surface area contributed by atoms with Gasteiger partial charge in [0.1, 0.15) is 0 Å². The summed E-state index contributed by atoms with van der Waals surface area (Å²) in [6.07, 6.45) is 0.958. The summed E-state index contributed by atoms with van der Waals surface area (Å²) in [4.78, 5) is 0. The van der Waals surface area contributed by atoms with E-state index in [4.69, 9.17) is 0 Å². The molecule has 0 amide bonds. The molecule has 0 N–H and O–H groups in total. The van der Waals surface area contributed by atoms with E-state index in [2.05, 4.69) is 0 Å². The lowest BCUT2D eigenvalue weighted by molar-refractivity contribution is 0.453. The second-order valence-corrected chi connectivity index (χ2v) is 13.1. The maximum absolute atomic E-state index is 12.3. The molecule has 0 aromatic carbocycles. The average molecular weight is 325 g/mol. The van der Waals surface area contributed by atoms with Gasteiger partial charge >= 0.3 is 0 Å². The molecule has 120 valence electrons. The van der Waals surface area contributed by atoms with Crippen LogP contribution in [0.15, 0.2) is 0 Å². The molecule has 0 radical (unpaired) electrons. The molecule has 5 nitrogen and oxygen atoms in total.